The van der Waals surface area contributed by atoms with Crippen LogP contribution in [0, 0.1) is 6.92 Å². The number of rotatable bonds is 3. The highest BCUT2D eigenvalue weighted by Crippen LogP contribution is 2.39. The minimum atomic E-state index is 0.519. The molecule has 2 aromatic rings. The van der Waals surface area contributed by atoms with Crippen molar-refractivity contribution in [3.8, 4) is 11.3 Å². The molecule has 0 aromatic carbocycles. The number of nitrogens with one attached hydrogen (secondary N) is 1. The van der Waals surface area contributed by atoms with Gasteiger partial charge in [-0.2, -0.15) is 4.37 Å². The molecule has 0 amide bonds. The summed E-state index contributed by atoms with van der Waals surface area (Å²) in [5.74, 6) is 0.592. The number of thiazole rings is 1. The second-order valence-electron chi connectivity index (χ2n) is 5.81. The van der Waals surface area contributed by atoms with E-state index in [1.807, 2.05) is 6.92 Å². The van der Waals surface area contributed by atoms with Crippen molar-refractivity contribution in [1.29, 1.82) is 0 Å². The van der Waals surface area contributed by atoms with E-state index < -0.39 is 0 Å². The highest BCUT2D eigenvalue weighted by Gasteiger charge is 2.37. The second-order valence-corrected chi connectivity index (χ2v) is 7.64. The van der Waals surface area contributed by atoms with Crippen molar-refractivity contribution in [3.63, 3.8) is 0 Å². The first-order valence-corrected chi connectivity index (χ1v) is 9.06. The van der Waals surface area contributed by atoms with Gasteiger partial charge in [-0.3, -0.25) is 4.90 Å². The zero-order valence-electron chi connectivity index (χ0n) is 12.0. The molecule has 2 aliphatic rings. The molecule has 112 valence electrons. The van der Waals surface area contributed by atoms with E-state index in [9.17, 15) is 0 Å². The molecule has 2 atom stereocenters. The maximum Gasteiger partial charge on any atom is 0.148 e. The van der Waals surface area contributed by atoms with Gasteiger partial charge in [-0.15, -0.1) is 11.3 Å². The van der Waals surface area contributed by atoms with Gasteiger partial charge in [0.1, 0.15) is 10.8 Å². The average Bonchev–Trinajstić information content (AvgIpc) is 3.18. The van der Waals surface area contributed by atoms with Crippen LogP contribution < -0.4 is 11.1 Å². The topological polar surface area (TPSA) is 67.1 Å². The summed E-state index contributed by atoms with van der Waals surface area (Å²) in [6.07, 6.45) is 3.83. The Labute approximate surface area is 132 Å². The molecule has 4 heterocycles. The van der Waals surface area contributed by atoms with Crippen molar-refractivity contribution < 1.29 is 0 Å². The van der Waals surface area contributed by atoms with Crippen LogP contribution in [0.1, 0.15) is 24.3 Å². The number of aromatic nitrogens is 2. The summed E-state index contributed by atoms with van der Waals surface area (Å²) in [6.45, 7) is 4.48. The van der Waals surface area contributed by atoms with Crippen molar-refractivity contribution in [2.24, 2.45) is 0 Å². The van der Waals surface area contributed by atoms with Gasteiger partial charge in [-0.1, -0.05) is 0 Å². The molecule has 2 aromatic heterocycles. The van der Waals surface area contributed by atoms with Gasteiger partial charge in [0.05, 0.1) is 16.3 Å². The van der Waals surface area contributed by atoms with E-state index in [2.05, 4.69) is 25.0 Å². The van der Waals surface area contributed by atoms with Crippen LogP contribution >= 0.6 is 22.9 Å². The number of nitrogens with two attached hydrogens (primary N) is 1. The van der Waals surface area contributed by atoms with E-state index in [-0.39, 0.29) is 0 Å². The molecule has 0 saturated carbocycles. The fourth-order valence-electron chi connectivity index (χ4n) is 3.55. The zero-order valence-corrected chi connectivity index (χ0v) is 13.6. The Hall–Kier alpha value is -1.18. The summed E-state index contributed by atoms with van der Waals surface area (Å²) >= 11 is 3.11. The van der Waals surface area contributed by atoms with Gasteiger partial charge in [0, 0.05) is 24.0 Å². The lowest BCUT2D eigenvalue weighted by Gasteiger charge is -2.21. The lowest BCUT2D eigenvalue weighted by atomic mass is 10.1. The van der Waals surface area contributed by atoms with Gasteiger partial charge < -0.3 is 11.1 Å². The lowest BCUT2D eigenvalue weighted by Crippen LogP contribution is -2.33. The molecule has 0 aliphatic carbocycles. The Bertz CT molecular complexity index is 650. The molecular formula is C14H19N5S2. The summed E-state index contributed by atoms with van der Waals surface area (Å²) in [7, 11) is 0. The smallest absolute Gasteiger partial charge is 0.148 e. The average molecular weight is 321 g/mol. The van der Waals surface area contributed by atoms with Crippen LogP contribution in [0.4, 0.5) is 10.8 Å². The first-order chi connectivity index (χ1) is 10.2. The van der Waals surface area contributed by atoms with Gasteiger partial charge in [-0.25, -0.2) is 4.98 Å². The van der Waals surface area contributed by atoms with Crippen LogP contribution in [0.15, 0.2) is 5.38 Å². The predicted molar refractivity (Wildman–Crippen MR) is 89.0 cm³/mol. The van der Waals surface area contributed by atoms with E-state index in [0.29, 0.717) is 17.9 Å². The van der Waals surface area contributed by atoms with E-state index in [1.54, 1.807) is 11.3 Å². The Morgan fingerprint density at radius 1 is 1.38 bits per heavy atom. The van der Waals surface area contributed by atoms with Crippen LogP contribution in [0.25, 0.3) is 11.3 Å². The fraction of sp³-hybridized carbons (Fsp3) is 0.571. The van der Waals surface area contributed by atoms with Crippen LogP contribution in [-0.2, 0) is 0 Å². The molecule has 0 bridgehead atoms. The van der Waals surface area contributed by atoms with E-state index in [4.69, 9.17) is 5.73 Å². The van der Waals surface area contributed by atoms with E-state index in [0.717, 1.165) is 21.3 Å². The molecule has 0 radical (unpaired) electrons. The van der Waals surface area contributed by atoms with E-state index in [1.165, 1.54) is 43.9 Å². The third kappa shape index (κ3) is 2.33. The molecule has 5 nitrogen and oxygen atoms in total. The van der Waals surface area contributed by atoms with Gasteiger partial charge >= 0.3 is 0 Å². The molecule has 0 spiro atoms. The van der Waals surface area contributed by atoms with E-state index >= 15 is 0 Å². The van der Waals surface area contributed by atoms with Gasteiger partial charge in [0.15, 0.2) is 0 Å². The highest BCUT2D eigenvalue weighted by molar-refractivity contribution is 7.11. The molecule has 3 N–H and O–H groups in total. The number of hydrogen-bond acceptors (Lipinski definition) is 7. The Morgan fingerprint density at radius 2 is 2.29 bits per heavy atom. The quantitative estimate of drug-likeness (QED) is 0.910. The first kappa shape index (κ1) is 13.5. The molecular weight excluding hydrogens is 302 g/mol. The zero-order chi connectivity index (χ0) is 14.4. The summed E-state index contributed by atoms with van der Waals surface area (Å²) in [5, 5.41) is 7.91. The third-order valence-electron chi connectivity index (χ3n) is 4.52. The van der Waals surface area contributed by atoms with Crippen molar-refractivity contribution in [3.05, 3.63) is 10.4 Å². The third-order valence-corrected chi connectivity index (χ3v) is 6.08. The Balaban J connectivity index is 1.61. The lowest BCUT2D eigenvalue weighted by molar-refractivity contribution is 0.318. The normalized spacial score (nSPS) is 25.4. The first-order valence-electron chi connectivity index (χ1n) is 7.40. The van der Waals surface area contributed by atoms with Crippen molar-refractivity contribution in [1.82, 2.24) is 14.3 Å². The standard InChI is InChI=1S/C14H19N5S2/c1-8-16-10(7-20-8)12-13(15)18-21-14(12)17-9-4-6-19-5-2-3-11(9)19/h7,9,11,17H,2-6H2,1H3,(H2,15,18). The minimum absolute atomic E-state index is 0.519. The summed E-state index contributed by atoms with van der Waals surface area (Å²) in [6, 6.07) is 1.20. The molecule has 21 heavy (non-hydrogen) atoms. The van der Waals surface area contributed by atoms with Crippen LogP contribution in [-0.4, -0.2) is 39.4 Å². The largest absolute Gasteiger partial charge is 0.382 e. The van der Waals surface area contributed by atoms with Crippen LogP contribution in [0.5, 0.6) is 0 Å². The van der Waals surface area contributed by atoms with Gasteiger partial charge in [0.2, 0.25) is 0 Å². The summed E-state index contributed by atoms with van der Waals surface area (Å²) in [5.41, 5.74) is 8.02. The predicted octanol–water partition coefficient (Wildman–Crippen LogP) is 2.81. The summed E-state index contributed by atoms with van der Waals surface area (Å²) < 4.78 is 4.34. The maximum atomic E-state index is 6.08. The highest BCUT2D eigenvalue weighted by atomic mass is 32.1. The number of nitrogens with zero attached hydrogens (tertiary/aromatic N) is 3. The number of hydrogen-bond donors (Lipinski definition) is 2. The summed E-state index contributed by atoms with van der Waals surface area (Å²) in [4.78, 5) is 7.18. The van der Waals surface area contributed by atoms with Crippen molar-refractivity contribution in [2.75, 3.05) is 24.1 Å². The number of nitrogen functional groups attached to an aromatic ring is 1. The fourth-order valence-corrected chi connectivity index (χ4v) is 4.94. The number of aryl methyl sites for hydroxylation is 1. The number of anilines is 2. The molecule has 2 fully saturated rings. The van der Waals surface area contributed by atoms with Gasteiger partial charge in [-0.05, 0) is 44.3 Å². The Kier molecular flexibility index (Phi) is 3.35. The minimum Gasteiger partial charge on any atom is -0.382 e. The van der Waals surface area contributed by atoms with Crippen LogP contribution in [0.3, 0.4) is 0 Å². The van der Waals surface area contributed by atoms with Crippen molar-refractivity contribution >= 4 is 33.7 Å². The Morgan fingerprint density at radius 3 is 3.10 bits per heavy atom. The van der Waals surface area contributed by atoms with Crippen molar-refractivity contribution in [2.45, 2.75) is 38.3 Å². The van der Waals surface area contributed by atoms with Crippen LogP contribution in [0.2, 0.25) is 0 Å². The SMILES string of the molecule is Cc1nc(-c2c(N)nsc2NC2CCN3CCCC23)cs1. The second kappa shape index (κ2) is 5.23. The number of fused-ring (bicyclic) bond motifs is 1. The molecule has 7 heteroatoms. The maximum absolute atomic E-state index is 6.08. The molecule has 2 unspecified atom stereocenters. The molecule has 2 saturated heterocycles. The molecule has 2 aliphatic heterocycles. The van der Waals surface area contributed by atoms with Gasteiger partial charge in [0.25, 0.3) is 0 Å². The monoisotopic (exact) mass is 321 g/mol. The molecule has 4 rings (SSSR count).